The summed E-state index contributed by atoms with van der Waals surface area (Å²) in [5.41, 5.74) is 1.47. The van der Waals surface area contributed by atoms with Crippen LogP contribution in [0.25, 0.3) is 0 Å². The molecule has 2 nitrogen and oxygen atoms in total. The molecule has 0 heterocycles. The standard InChI is InChI=1S/C19H29NO.C2H6/c1-18-9-7-13(20)11-12(18)3-4-14-15-5-6-17(21)19(15,2)10-8-16(14)18;1-2/h12,14-16,20H,3-11H2,1-2H3;1-2H3/t12?,14?,15?,16?,18-,19-;/m0./s1. The molecule has 4 rings (SSSR count). The second-order valence-electron chi connectivity index (χ2n) is 8.88. The summed E-state index contributed by atoms with van der Waals surface area (Å²) in [6.45, 7) is 8.80. The smallest absolute Gasteiger partial charge is 0.139 e. The molecular weight excluding hydrogens is 282 g/mol. The lowest BCUT2D eigenvalue weighted by atomic mass is 9.45. The highest BCUT2D eigenvalue weighted by molar-refractivity contribution is 5.87. The molecule has 6 atom stereocenters. The Balaban J connectivity index is 0.000000753. The summed E-state index contributed by atoms with van der Waals surface area (Å²) in [5, 5.41) is 8.06. The van der Waals surface area contributed by atoms with Crippen LogP contribution in [0.3, 0.4) is 0 Å². The van der Waals surface area contributed by atoms with Crippen molar-refractivity contribution in [1.82, 2.24) is 0 Å². The van der Waals surface area contributed by atoms with Crippen LogP contribution in [-0.2, 0) is 4.79 Å². The van der Waals surface area contributed by atoms with E-state index in [1.54, 1.807) is 0 Å². The van der Waals surface area contributed by atoms with Crippen molar-refractivity contribution >= 4 is 11.5 Å². The molecule has 130 valence electrons. The van der Waals surface area contributed by atoms with Gasteiger partial charge in [0.25, 0.3) is 0 Å². The molecular formula is C21H35NO. The highest BCUT2D eigenvalue weighted by Gasteiger charge is 2.59. The fourth-order valence-electron chi connectivity index (χ4n) is 6.85. The Morgan fingerprint density at radius 3 is 2.43 bits per heavy atom. The van der Waals surface area contributed by atoms with Gasteiger partial charge in [-0.05, 0) is 80.5 Å². The van der Waals surface area contributed by atoms with Crippen molar-refractivity contribution in [3.63, 3.8) is 0 Å². The largest absolute Gasteiger partial charge is 0.310 e. The summed E-state index contributed by atoms with van der Waals surface area (Å²) in [6.07, 6.45) is 10.3. The molecule has 4 aliphatic rings. The van der Waals surface area contributed by atoms with Crippen molar-refractivity contribution in [3.05, 3.63) is 0 Å². The quantitative estimate of drug-likeness (QED) is 0.616. The van der Waals surface area contributed by atoms with Gasteiger partial charge in [-0.2, -0.15) is 0 Å². The van der Waals surface area contributed by atoms with E-state index in [1.165, 1.54) is 25.7 Å². The monoisotopic (exact) mass is 317 g/mol. The van der Waals surface area contributed by atoms with Gasteiger partial charge < -0.3 is 5.41 Å². The molecule has 0 aromatic carbocycles. The molecule has 0 radical (unpaired) electrons. The van der Waals surface area contributed by atoms with E-state index in [1.807, 2.05) is 13.8 Å². The average Bonchev–Trinajstić information content (AvgIpc) is 2.86. The van der Waals surface area contributed by atoms with Gasteiger partial charge in [0.1, 0.15) is 5.78 Å². The number of hydrogen-bond donors (Lipinski definition) is 1. The van der Waals surface area contributed by atoms with E-state index in [-0.39, 0.29) is 5.41 Å². The fraction of sp³-hybridized carbons (Fsp3) is 0.905. The zero-order valence-corrected chi connectivity index (χ0v) is 15.6. The number of hydrogen-bond acceptors (Lipinski definition) is 2. The zero-order chi connectivity index (χ0) is 16.8. The van der Waals surface area contributed by atoms with Crippen LogP contribution in [0.1, 0.15) is 85.5 Å². The Labute approximate surface area is 142 Å². The van der Waals surface area contributed by atoms with Crippen LogP contribution in [0.2, 0.25) is 0 Å². The molecule has 0 aromatic heterocycles. The molecule has 1 N–H and O–H groups in total. The Bertz CT molecular complexity index is 498. The Morgan fingerprint density at radius 2 is 1.70 bits per heavy atom. The van der Waals surface area contributed by atoms with Crippen LogP contribution in [-0.4, -0.2) is 11.5 Å². The highest BCUT2D eigenvalue weighted by Crippen LogP contribution is 2.65. The zero-order valence-electron chi connectivity index (χ0n) is 15.6. The number of carbonyl (C=O) groups is 1. The third kappa shape index (κ3) is 2.43. The minimum atomic E-state index is 0.0196. The molecule has 4 unspecified atom stereocenters. The molecule has 4 fully saturated rings. The second kappa shape index (κ2) is 6.01. The van der Waals surface area contributed by atoms with Crippen molar-refractivity contribution in [2.75, 3.05) is 0 Å². The number of fused-ring (bicyclic) bond motifs is 5. The van der Waals surface area contributed by atoms with E-state index in [0.29, 0.717) is 17.1 Å². The van der Waals surface area contributed by atoms with Gasteiger partial charge in [-0.15, -0.1) is 0 Å². The van der Waals surface area contributed by atoms with Gasteiger partial charge in [0, 0.05) is 17.5 Å². The number of rotatable bonds is 0. The van der Waals surface area contributed by atoms with Crippen molar-refractivity contribution < 1.29 is 4.79 Å². The number of nitrogens with one attached hydrogen (secondary N) is 1. The first-order valence-corrected chi connectivity index (χ1v) is 10.0. The van der Waals surface area contributed by atoms with Crippen molar-refractivity contribution in [1.29, 1.82) is 5.41 Å². The maximum Gasteiger partial charge on any atom is 0.139 e. The summed E-state index contributed by atoms with van der Waals surface area (Å²) in [7, 11) is 0. The topological polar surface area (TPSA) is 40.9 Å². The van der Waals surface area contributed by atoms with E-state index in [2.05, 4.69) is 13.8 Å². The molecule has 23 heavy (non-hydrogen) atoms. The molecule has 0 spiro atoms. The van der Waals surface area contributed by atoms with Gasteiger partial charge in [0.2, 0.25) is 0 Å². The summed E-state index contributed by atoms with van der Waals surface area (Å²) in [4.78, 5) is 12.4. The molecule has 0 saturated heterocycles. The van der Waals surface area contributed by atoms with Gasteiger partial charge >= 0.3 is 0 Å². The molecule has 0 aromatic rings. The van der Waals surface area contributed by atoms with Gasteiger partial charge in [-0.1, -0.05) is 27.7 Å². The molecule has 0 aliphatic heterocycles. The number of Topliss-reactive ketones (excluding diaryl/α,β-unsaturated/α-hetero) is 1. The lowest BCUT2D eigenvalue weighted by molar-refractivity contribution is -0.136. The van der Waals surface area contributed by atoms with Gasteiger partial charge in [-0.3, -0.25) is 4.79 Å². The van der Waals surface area contributed by atoms with E-state index in [4.69, 9.17) is 5.41 Å². The Hall–Kier alpha value is -0.660. The lowest BCUT2D eigenvalue weighted by Crippen LogP contribution is -2.53. The number of carbonyl (C=O) groups excluding carboxylic acids is 1. The van der Waals surface area contributed by atoms with Crippen LogP contribution >= 0.6 is 0 Å². The number of ketones is 1. The summed E-state index contributed by atoms with van der Waals surface area (Å²) in [6, 6.07) is 0. The van der Waals surface area contributed by atoms with Crippen LogP contribution < -0.4 is 0 Å². The average molecular weight is 318 g/mol. The lowest BCUT2D eigenvalue weighted by Gasteiger charge is -2.59. The van der Waals surface area contributed by atoms with E-state index < -0.39 is 0 Å². The SMILES string of the molecule is CC.C[C@]12CCC(=N)CC1CCC1C2CC[C@]2(C)C(=O)CCC12. The highest BCUT2D eigenvalue weighted by atomic mass is 16.1. The van der Waals surface area contributed by atoms with Crippen molar-refractivity contribution in [2.45, 2.75) is 85.5 Å². The second-order valence-corrected chi connectivity index (χ2v) is 8.88. The normalized spacial score (nSPS) is 48.7. The third-order valence-electron chi connectivity index (χ3n) is 8.23. The summed E-state index contributed by atoms with van der Waals surface area (Å²) >= 11 is 0. The predicted octanol–water partition coefficient (Wildman–Crippen LogP) is 5.64. The van der Waals surface area contributed by atoms with E-state index in [0.717, 1.165) is 55.6 Å². The minimum absolute atomic E-state index is 0.0196. The van der Waals surface area contributed by atoms with Gasteiger partial charge in [-0.25, -0.2) is 0 Å². The molecule has 0 bridgehead atoms. The third-order valence-corrected chi connectivity index (χ3v) is 8.23. The van der Waals surface area contributed by atoms with Crippen molar-refractivity contribution in [2.24, 2.45) is 34.5 Å². The van der Waals surface area contributed by atoms with Crippen LogP contribution in [0.5, 0.6) is 0 Å². The Kier molecular flexibility index (Phi) is 4.48. The predicted molar refractivity (Wildman–Crippen MR) is 95.8 cm³/mol. The molecule has 4 saturated carbocycles. The van der Waals surface area contributed by atoms with Gasteiger partial charge in [0.05, 0.1) is 0 Å². The van der Waals surface area contributed by atoms with E-state index >= 15 is 0 Å². The van der Waals surface area contributed by atoms with Gasteiger partial charge in [0.15, 0.2) is 0 Å². The maximum absolute atomic E-state index is 12.4. The minimum Gasteiger partial charge on any atom is -0.310 e. The summed E-state index contributed by atoms with van der Waals surface area (Å²) < 4.78 is 0. The maximum atomic E-state index is 12.4. The van der Waals surface area contributed by atoms with Crippen molar-refractivity contribution in [3.8, 4) is 0 Å². The first-order valence-electron chi connectivity index (χ1n) is 10.0. The first kappa shape index (κ1) is 17.2. The van der Waals surface area contributed by atoms with E-state index in [9.17, 15) is 4.79 Å². The molecule has 0 amide bonds. The molecule has 4 aliphatic carbocycles. The van der Waals surface area contributed by atoms with Crippen LogP contribution in [0.4, 0.5) is 0 Å². The summed E-state index contributed by atoms with van der Waals surface area (Å²) in [5.74, 6) is 3.60. The van der Waals surface area contributed by atoms with Crippen LogP contribution in [0.15, 0.2) is 0 Å². The van der Waals surface area contributed by atoms with Crippen LogP contribution in [0, 0.1) is 39.9 Å². The molecule has 2 heteroatoms. The fourth-order valence-corrected chi connectivity index (χ4v) is 6.85. The first-order chi connectivity index (χ1) is 10.9. The Morgan fingerprint density at radius 1 is 0.957 bits per heavy atom.